The molecule has 104 valence electrons. The molecule has 1 heterocycles. The average molecular weight is 272 g/mol. The maximum Gasteiger partial charge on any atom is 0.407 e. The number of hydrogen-bond donors (Lipinski definition) is 2. The molecular weight excluding hydrogens is 248 g/mol. The molecule has 0 aromatic heterocycles. The fourth-order valence-corrected chi connectivity index (χ4v) is 3.43. The molecule has 1 aliphatic carbocycles. The molecule has 0 bridgehead atoms. The summed E-state index contributed by atoms with van der Waals surface area (Å²) in [4.78, 5) is 11.6. The van der Waals surface area contributed by atoms with E-state index in [2.05, 4.69) is 17.6 Å². The highest BCUT2D eigenvalue weighted by atomic mass is 32.2. The van der Waals surface area contributed by atoms with E-state index in [-0.39, 0.29) is 12.1 Å². The highest BCUT2D eigenvalue weighted by molar-refractivity contribution is 8.00. The highest BCUT2D eigenvalue weighted by Crippen LogP contribution is 2.30. The van der Waals surface area contributed by atoms with Crippen molar-refractivity contribution in [2.45, 2.75) is 69.5 Å². The van der Waals surface area contributed by atoms with E-state index in [0.717, 1.165) is 6.42 Å². The van der Waals surface area contributed by atoms with E-state index >= 15 is 0 Å². The Hall–Kier alpha value is -0.420. The average Bonchev–Trinajstić information content (AvgIpc) is 2.77. The van der Waals surface area contributed by atoms with E-state index in [1.165, 1.54) is 12.2 Å². The largest absolute Gasteiger partial charge is 0.444 e. The van der Waals surface area contributed by atoms with Gasteiger partial charge in [-0.2, -0.15) is 11.8 Å². The molecule has 5 heteroatoms. The molecule has 2 rings (SSSR count). The smallest absolute Gasteiger partial charge is 0.407 e. The topological polar surface area (TPSA) is 50.4 Å². The first-order chi connectivity index (χ1) is 8.35. The summed E-state index contributed by atoms with van der Waals surface area (Å²) in [5.41, 5.74) is -0.418. The quantitative estimate of drug-likeness (QED) is 0.826. The van der Waals surface area contributed by atoms with Crippen molar-refractivity contribution in [2.75, 3.05) is 5.75 Å². The summed E-state index contributed by atoms with van der Waals surface area (Å²) in [6.07, 6.45) is 1.96. The van der Waals surface area contributed by atoms with Crippen molar-refractivity contribution in [1.82, 2.24) is 10.6 Å². The molecule has 0 aromatic rings. The summed E-state index contributed by atoms with van der Waals surface area (Å²) in [6.45, 7) is 7.92. The lowest BCUT2D eigenvalue weighted by atomic mass is 10.2. The molecule has 0 aromatic carbocycles. The van der Waals surface area contributed by atoms with Gasteiger partial charge >= 0.3 is 6.09 Å². The fraction of sp³-hybridized carbons (Fsp3) is 0.923. The Morgan fingerprint density at radius 3 is 2.56 bits per heavy atom. The second kappa shape index (κ2) is 5.29. The van der Waals surface area contributed by atoms with Crippen molar-refractivity contribution in [2.24, 2.45) is 0 Å². The molecule has 2 aliphatic rings. The van der Waals surface area contributed by atoms with Crippen LogP contribution in [0.4, 0.5) is 4.79 Å². The minimum atomic E-state index is -0.418. The first-order valence-electron chi connectivity index (χ1n) is 6.72. The Labute approximate surface area is 114 Å². The molecule has 2 fully saturated rings. The molecule has 0 radical (unpaired) electrons. The SMILES string of the molecule is CC1SCCC1NC1CC1NC(=O)OC(C)(C)C. The number of ether oxygens (including phenoxy) is 1. The van der Waals surface area contributed by atoms with Gasteiger partial charge in [0.2, 0.25) is 0 Å². The van der Waals surface area contributed by atoms with Crippen LogP contribution in [0.5, 0.6) is 0 Å². The van der Waals surface area contributed by atoms with Gasteiger partial charge in [-0.25, -0.2) is 4.79 Å². The van der Waals surface area contributed by atoms with Crippen molar-refractivity contribution >= 4 is 17.9 Å². The lowest BCUT2D eigenvalue weighted by Gasteiger charge is -2.20. The van der Waals surface area contributed by atoms with Crippen molar-refractivity contribution in [3.8, 4) is 0 Å². The van der Waals surface area contributed by atoms with Crippen molar-refractivity contribution in [1.29, 1.82) is 0 Å². The first-order valence-corrected chi connectivity index (χ1v) is 7.77. The van der Waals surface area contributed by atoms with Gasteiger partial charge in [0, 0.05) is 23.4 Å². The van der Waals surface area contributed by atoms with Crippen LogP contribution >= 0.6 is 11.8 Å². The van der Waals surface area contributed by atoms with Crippen LogP contribution in [0, 0.1) is 0 Å². The van der Waals surface area contributed by atoms with E-state index in [1.807, 2.05) is 32.5 Å². The normalized spacial score (nSPS) is 35.3. The molecule has 0 spiro atoms. The standard InChI is InChI=1S/C13H24N2O2S/c1-8-9(5-6-18-8)14-10-7-11(10)15-12(16)17-13(2,3)4/h8-11,14H,5-7H2,1-4H3,(H,15,16). The maximum absolute atomic E-state index is 11.6. The lowest BCUT2D eigenvalue weighted by Crippen LogP contribution is -2.40. The summed E-state index contributed by atoms with van der Waals surface area (Å²) in [6, 6.07) is 1.28. The van der Waals surface area contributed by atoms with Crippen LogP contribution in [-0.2, 0) is 4.74 Å². The predicted molar refractivity (Wildman–Crippen MR) is 75.0 cm³/mol. The summed E-state index contributed by atoms with van der Waals surface area (Å²) >= 11 is 2.02. The molecule has 4 nitrogen and oxygen atoms in total. The van der Waals surface area contributed by atoms with Gasteiger partial charge in [0.15, 0.2) is 0 Å². The third-order valence-corrected chi connectivity index (χ3v) is 4.62. The van der Waals surface area contributed by atoms with E-state index in [1.54, 1.807) is 0 Å². The van der Waals surface area contributed by atoms with Gasteiger partial charge in [0.25, 0.3) is 0 Å². The number of thioether (sulfide) groups is 1. The Morgan fingerprint density at radius 1 is 1.28 bits per heavy atom. The maximum atomic E-state index is 11.6. The van der Waals surface area contributed by atoms with Crippen LogP contribution < -0.4 is 10.6 Å². The van der Waals surface area contributed by atoms with Gasteiger partial charge in [-0.05, 0) is 39.4 Å². The van der Waals surface area contributed by atoms with Gasteiger partial charge in [0.05, 0.1) is 0 Å². The van der Waals surface area contributed by atoms with E-state index in [9.17, 15) is 4.79 Å². The van der Waals surface area contributed by atoms with E-state index < -0.39 is 5.60 Å². The first kappa shape index (κ1) is 14.0. The molecule has 1 amide bonds. The third-order valence-electron chi connectivity index (χ3n) is 3.30. The van der Waals surface area contributed by atoms with Crippen molar-refractivity contribution in [3.05, 3.63) is 0 Å². The zero-order chi connectivity index (χ0) is 13.3. The number of rotatable bonds is 3. The second-order valence-electron chi connectivity index (χ2n) is 6.23. The minimum absolute atomic E-state index is 0.248. The van der Waals surface area contributed by atoms with Gasteiger partial charge in [0.1, 0.15) is 5.60 Å². The molecule has 4 unspecified atom stereocenters. The van der Waals surface area contributed by atoms with Gasteiger partial charge < -0.3 is 15.4 Å². The van der Waals surface area contributed by atoms with Crippen molar-refractivity contribution < 1.29 is 9.53 Å². The van der Waals surface area contributed by atoms with Crippen LogP contribution in [0.25, 0.3) is 0 Å². The van der Waals surface area contributed by atoms with Crippen molar-refractivity contribution in [3.63, 3.8) is 0 Å². The molecule has 1 aliphatic heterocycles. The van der Waals surface area contributed by atoms with Crippen LogP contribution in [0.1, 0.15) is 40.5 Å². The number of nitrogens with one attached hydrogen (secondary N) is 2. The Bertz CT molecular complexity index is 317. The summed E-state index contributed by atoms with van der Waals surface area (Å²) in [7, 11) is 0. The number of carbonyl (C=O) groups is 1. The summed E-state index contributed by atoms with van der Waals surface area (Å²) in [5, 5.41) is 7.24. The molecule has 1 saturated heterocycles. The van der Waals surface area contributed by atoms with Gasteiger partial charge in [-0.15, -0.1) is 0 Å². The molecule has 4 atom stereocenters. The van der Waals surface area contributed by atoms with Crippen LogP contribution in [0.3, 0.4) is 0 Å². The zero-order valence-corrected chi connectivity index (χ0v) is 12.5. The van der Waals surface area contributed by atoms with E-state index in [4.69, 9.17) is 4.74 Å². The Balaban J connectivity index is 1.67. The predicted octanol–water partition coefficient (Wildman–Crippen LogP) is 2.14. The fourth-order valence-electron chi connectivity index (χ4n) is 2.22. The zero-order valence-electron chi connectivity index (χ0n) is 11.7. The van der Waals surface area contributed by atoms with Crippen LogP contribution in [-0.4, -0.2) is 40.8 Å². The second-order valence-corrected chi connectivity index (χ2v) is 7.72. The lowest BCUT2D eigenvalue weighted by molar-refractivity contribution is 0.0522. The van der Waals surface area contributed by atoms with Crippen LogP contribution in [0.2, 0.25) is 0 Å². The molecule has 2 N–H and O–H groups in total. The summed E-state index contributed by atoms with van der Waals surface area (Å²) in [5.74, 6) is 1.25. The van der Waals surface area contributed by atoms with Crippen LogP contribution in [0.15, 0.2) is 0 Å². The monoisotopic (exact) mass is 272 g/mol. The Morgan fingerprint density at radius 2 is 2.00 bits per heavy atom. The third kappa shape index (κ3) is 4.05. The number of amides is 1. The number of carbonyl (C=O) groups excluding carboxylic acids is 1. The van der Waals surface area contributed by atoms with E-state index in [0.29, 0.717) is 17.3 Å². The number of hydrogen-bond acceptors (Lipinski definition) is 4. The Kier molecular flexibility index (Phi) is 4.11. The molecular formula is C13H24N2O2S. The summed E-state index contributed by atoms with van der Waals surface area (Å²) < 4.78 is 5.25. The number of alkyl carbamates (subject to hydrolysis) is 1. The van der Waals surface area contributed by atoms with Gasteiger partial charge in [-0.3, -0.25) is 0 Å². The van der Waals surface area contributed by atoms with Gasteiger partial charge in [-0.1, -0.05) is 6.92 Å². The minimum Gasteiger partial charge on any atom is -0.444 e. The highest BCUT2D eigenvalue weighted by Gasteiger charge is 2.41. The molecule has 1 saturated carbocycles. The molecule has 18 heavy (non-hydrogen) atoms.